The molecule has 0 atom stereocenters. The Hall–Kier alpha value is -7.50. The maximum atomic E-state index is 3.25. The predicted octanol–water partition coefficient (Wildman–Crippen LogP) is 29.6. The van der Waals surface area contributed by atoms with Gasteiger partial charge >= 0.3 is 0 Å². The zero-order valence-corrected chi connectivity index (χ0v) is 71.5. The van der Waals surface area contributed by atoms with E-state index in [1.54, 1.807) is 0 Å². The molecular weight excluding hydrogens is 1270 g/mol. The third-order valence-electron chi connectivity index (χ3n) is 15.9. The van der Waals surface area contributed by atoms with Crippen LogP contribution in [0.15, 0.2) is 182 Å². The van der Waals surface area contributed by atoms with Crippen molar-refractivity contribution in [2.75, 3.05) is 0 Å². The molecule has 1 radical (unpaired) electrons. The topological polar surface area (TPSA) is 19.7 Å². The van der Waals surface area contributed by atoms with Gasteiger partial charge in [-0.05, 0) is 119 Å². The minimum Gasteiger partial charge on any atom is -0.343 e. The van der Waals surface area contributed by atoms with Gasteiger partial charge in [-0.2, -0.15) is 42.0 Å². The second-order valence-electron chi connectivity index (χ2n) is 21.6. The summed E-state index contributed by atoms with van der Waals surface area (Å²) in [7, 11) is 8.60. The molecule has 0 saturated heterocycles. The van der Waals surface area contributed by atoms with Crippen LogP contribution in [-0.4, -0.2) is 18.3 Å². The van der Waals surface area contributed by atoms with E-state index >= 15 is 0 Å². The third kappa shape index (κ3) is 23.0. The maximum Gasteiger partial charge on any atom is 0.0518 e. The van der Waals surface area contributed by atoms with Crippen molar-refractivity contribution in [3.05, 3.63) is 250 Å². The first kappa shape index (κ1) is 93.6. The average molecular weight is 1410 g/mol. The fraction of sp³-hybridized carbons (Fsp3) is 0.362. The molecular formula is C94H132N4Y-2. The number of nitrogens with zero attached hydrogens (tertiary/aromatic N) is 4. The van der Waals surface area contributed by atoms with Gasteiger partial charge in [-0.25, -0.2) is 11.1 Å². The summed E-state index contributed by atoms with van der Waals surface area (Å²) in [6, 6.07) is 71.2. The monoisotopic (exact) mass is 1410 g/mol. The van der Waals surface area contributed by atoms with Crippen molar-refractivity contribution in [2.24, 2.45) is 28.2 Å². The van der Waals surface area contributed by atoms with Gasteiger partial charge in [-0.1, -0.05) is 279 Å². The molecule has 0 aliphatic rings. The summed E-state index contributed by atoms with van der Waals surface area (Å²) in [5.74, 6) is 0. The van der Waals surface area contributed by atoms with Gasteiger partial charge in [0.2, 0.25) is 0 Å². The fourth-order valence-electron chi connectivity index (χ4n) is 12.2. The molecule has 10 aromatic carbocycles. The second-order valence-corrected chi connectivity index (χ2v) is 21.6. The number of hydrogen-bond donors (Lipinski definition) is 0. The SMILES string of the molecule is CC.CC.CC.CC.CC.CC.CC.CC.CC.CC.Cc1cc[c-]c(-c2[c-]cccc2C)c1.Cc1ccc2c(c1)c1cccc(C)c1n2C.Cc1ccc2c3cccc(C)c3n(C)c2c1.Cc1cccc2c1c1cccc(C)c1n2C.Cc1cccc2c3cccc(C)c3n(C)c12.[Y]. The third-order valence-corrected chi connectivity index (χ3v) is 15.9. The zero-order valence-electron chi connectivity index (χ0n) is 68.7. The number of fused-ring (bicyclic) bond motifs is 12. The molecule has 14 aromatic rings. The second kappa shape index (κ2) is 49.9. The Balaban J connectivity index is 0. The summed E-state index contributed by atoms with van der Waals surface area (Å²) in [6.07, 6.45) is 0. The Morgan fingerprint density at radius 3 is 1.01 bits per heavy atom. The van der Waals surface area contributed by atoms with Crippen LogP contribution in [0, 0.1) is 81.4 Å². The quantitative estimate of drug-likeness (QED) is 0.146. The molecule has 14 rings (SSSR count). The van der Waals surface area contributed by atoms with E-state index in [0.29, 0.717) is 0 Å². The number of rotatable bonds is 1. The van der Waals surface area contributed by atoms with Gasteiger partial charge in [-0.15, -0.1) is 17.7 Å². The van der Waals surface area contributed by atoms with Crippen molar-refractivity contribution in [3.63, 3.8) is 0 Å². The van der Waals surface area contributed by atoms with Crippen LogP contribution in [0.25, 0.3) is 98.4 Å². The van der Waals surface area contributed by atoms with Gasteiger partial charge in [0.15, 0.2) is 0 Å². The van der Waals surface area contributed by atoms with Crippen molar-refractivity contribution in [1.29, 1.82) is 0 Å². The van der Waals surface area contributed by atoms with Gasteiger partial charge in [0, 0.05) is 121 Å². The van der Waals surface area contributed by atoms with Gasteiger partial charge in [0.1, 0.15) is 0 Å². The standard InChI is InChI=1S/4C15H15N.C14H12.10C2H6.Y/c1-10-6-5-9-13-14(10)12-8-4-7-11(2)15(12)16(13)3;1-10-6-4-8-12-13-9-5-7-11(2)15(13)16(3)14(10)12;1-10-7-8-12-13-6-4-5-11(2)15(13)16(3)14(12)9-10;1-10-7-8-14-13(9-10)12-6-4-5-11(2)15(12)16(14)3;1-11-6-5-8-13(10-11)14-9-4-3-7-12(14)2;10*1-2;/h4*4-9H,1-3H3;3-7,10H,1-2H3;10*1-2H3;/q;;;;-2;;;;;;;;;;;. The van der Waals surface area contributed by atoms with E-state index in [1.165, 1.54) is 143 Å². The van der Waals surface area contributed by atoms with E-state index < -0.39 is 0 Å². The van der Waals surface area contributed by atoms with E-state index in [0.717, 1.165) is 11.1 Å². The first-order chi connectivity index (χ1) is 47.5. The Morgan fingerprint density at radius 1 is 0.232 bits per heavy atom. The normalized spacial score (nSPS) is 9.43. The van der Waals surface area contributed by atoms with Crippen molar-refractivity contribution < 1.29 is 32.7 Å². The average Bonchev–Trinajstić information content (AvgIpc) is 1.62. The van der Waals surface area contributed by atoms with Gasteiger partial charge < -0.3 is 18.3 Å². The van der Waals surface area contributed by atoms with Crippen LogP contribution in [0.5, 0.6) is 0 Å². The molecule has 0 saturated carbocycles. The number of para-hydroxylation sites is 5. The molecule has 0 aliphatic carbocycles. The predicted molar refractivity (Wildman–Crippen MR) is 452 cm³/mol. The van der Waals surface area contributed by atoms with E-state index in [-0.39, 0.29) is 32.7 Å². The van der Waals surface area contributed by atoms with Crippen LogP contribution >= 0.6 is 0 Å². The van der Waals surface area contributed by atoms with Crippen molar-refractivity contribution in [1.82, 2.24) is 18.3 Å². The van der Waals surface area contributed by atoms with Crippen LogP contribution in [0.1, 0.15) is 194 Å². The summed E-state index contributed by atoms with van der Waals surface area (Å²) in [5.41, 5.74) is 26.2. The Bertz CT molecular complexity index is 4450. The van der Waals surface area contributed by atoms with Crippen LogP contribution in [0.4, 0.5) is 0 Å². The van der Waals surface area contributed by atoms with Crippen molar-refractivity contribution >= 4 is 87.2 Å². The number of hydrogen-bond acceptors (Lipinski definition) is 0. The maximum absolute atomic E-state index is 3.25. The number of benzene rings is 10. The first-order valence-corrected chi connectivity index (χ1v) is 37.2. The number of aromatic nitrogens is 4. The Kier molecular flexibility index (Phi) is 47.2. The van der Waals surface area contributed by atoms with Crippen LogP contribution < -0.4 is 0 Å². The summed E-state index contributed by atoms with van der Waals surface area (Å²) >= 11 is 0. The molecule has 0 N–H and O–H groups in total. The smallest absolute Gasteiger partial charge is 0.0518 e. The largest absolute Gasteiger partial charge is 0.343 e. The Labute approximate surface area is 630 Å². The van der Waals surface area contributed by atoms with Crippen molar-refractivity contribution in [2.45, 2.75) is 208 Å². The molecule has 0 aliphatic heterocycles. The molecule has 0 fully saturated rings. The van der Waals surface area contributed by atoms with Gasteiger partial charge in [0.05, 0.1) is 27.6 Å². The molecule has 0 bridgehead atoms. The molecule has 0 amide bonds. The molecule has 0 unspecified atom stereocenters. The minimum atomic E-state index is 0. The van der Waals surface area contributed by atoms with E-state index in [9.17, 15) is 0 Å². The van der Waals surface area contributed by atoms with Crippen LogP contribution in [-0.2, 0) is 60.9 Å². The van der Waals surface area contributed by atoms with Gasteiger partial charge in [-0.3, -0.25) is 0 Å². The summed E-state index contributed by atoms with van der Waals surface area (Å²) in [4.78, 5) is 0. The summed E-state index contributed by atoms with van der Waals surface area (Å²) in [6.45, 7) is 61.5. The summed E-state index contributed by atoms with van der Waals surface area (Å²) < 4.78 is 9.20. The molecule has 99 heavy (non-hydrogen) atoms. The Morgan fingerprint density at radius 2 is 0.566 bits per heavy atom. The zero-order chi connectivity index (χ0) is 75.1. The fourth-order valence-corrected chi connectivity index (χ4v) is 12.2. The van der Waals surface area contributed by atoms with E-state index in [4.69, 9.17) is 0 Å². The molecule has 4 nitrogen and oxygen atoms in total. The molecule has 5 heteroatoms. The van der Waals surface area contributed by atoms with Crippen LogP contribution in [0.2, 0.25) is 0 Å². The van der Waals surface area contributed by atoms with Gasteiger partial charge in [0.25, 0.3) is 0 Å². The van der Waals surface area contributed by atoms with Crippen LogP contribution in [0.3, 0.4) is 0 Å². The molecule has 4 aromatic heterocycles. The number of aryl methyl sites for hydroxylation is 14. The molecule has 4 heterocycles. The van der Waals surface area contributed by atoms with E-state index in [2.05, 4.69) is 292 Å². The van der Waals surface area contributed by atoms with E-state index in [1.807, 2.05) is 157 Å². The summed E-state index contributed by atoms with van der Waals surface area (Å²) in [5, 5.41) is 10.9. The van der Waals surface area contributed by atoms with Crippen molar-refractivity contribution in [3.8, 4) is 11.1 Å². The molecule has 0 spiro atoms. The minimum absolute atomic E-state index is 0. The molecule has 533 valence electrons. The first-order valence-electron chi connectivity index (χ1n) is 37.2.